The van der Waals surface area contributed by atoms with E-state index < -0.39 is 23.9 Å². The van der Waals surface area contributed by atoms with Crippen LogP contribution in [0.25, 0.3) is 0 Å². The molecule has 0 aliphatic rings. The van der Waals surface area contributed by atoms with Crippen LogP contribution in [0.5, 0.6) is 34.5 Å². The largest absolute Gasteiger partial charge is 0.494 e. The molecule has 17 heteroatoms. The van der Waals surface area contributed by atoms with Gasteiger partial charge < -0.3 is 47.4 Å². The van der Waals surface area contributed by atoms with Crippen LogP contribution in [0.2, 0.25) is 0 Å². The van der Waals surface area contributed by atoms with Crippen LogP contribution >= 0.6 is 0 Å². The lowest BCUT2D eigenvalue weighted by Gasteiger charge is -2.13. The molecule has 0 heterocycles. The molecule has 494 valence electrons. The van der Waals surface area contributed by atoms with Crippen molar-refractivity contribution in [3.63, 3.8) is 0 Å². The van der Waals surface area contributed by atoms with Crippen LogP contribution in [-0.4, -0.2) is 81.4 Å². The van der Waals surface area contributed by atoms with Crippen molar-refractivity contribution in [2.24, 2.45) is 0 Å². The third-order valence-corrected chi connectivity index (χ3v) is 14.8. The molecular formula is C75H92O17. The Morgan fingerprint density at radius 1 is 0.283 bits per heavy atom. The van der Waals surface area contributed by atoms with Gasteiger partial charge in [-0.15, -0.1) is 0 Å². The van der Waals surface area contributed by atoms with E-state index in [4.69, 9.17) is 47.4 Å². The van der Waals surface area contributed by atoms with Crippen LogP contribution in [0, 0.1) is 0 Å². The van der Waals surface area contributed by atoms with Gasteiger partial charge in [0.2, 0.25) is 0 Å². The molecule has 5 rings (SSSR count). The molecule has 0 spiro atoms. The number of ether oxygens (including phenoxy) is 10. The van der Waals surface area contributed by atoms with E-state index in [-0.39, 0.29) is 58.5 Å². The first kappa shape index (κ1) is 73.7. The summed E-state index contributed by atoms with van der Waals surface area (Å²) in [6.45, 7) is 12.9. The standard InChI is InChI=1S/C75H92O17/c1-4-69(76)86-53-29-23-16-11-7-9-14-20-26-50-84-63-44-36-60(37-45-63)73(80)91-66-48-49-68(92-74(81)61-38-46-64(47-39-61)85-51-27-21-15-10-8-12-17-24-30-54-87-70(77)5-2)67(56-66)75(82)89-57-58-32-40-65(41-33-58)90-72(79)59-34-42-62(43-35-59)83-52-28-22-18-13-19-25-31-55-88-71(78)6-3/h4-6,32-49,56H,1-3,7-31,50-55,57H2. The molecule has 0 aliphatic heterocycles. The molecule has 5 aromatic rings. The maximum absolute atomic E-state index is 13.9. The van der Waals surface area contributed by atoms with Gasteiger partial charge in [-0.1, -0.05) is 154 Å². The fourth-order valence-corrected chi connectivity index (χ4v) is 9.49. The van der Waals surface area contributed by atoms with Crippen molar-refractivity contribution in [3.8, 4) is 34.5 Å². The summed E-state index contributed by atoms with van der Waals surface area (Å²) in [4.78, 5) is 87.5. The normalized spacial score (nSPS) is 10.7. The van der Waals surface area contributed by atoms with Crippen LogP contribution in [-0.2, 0) is 39.9 Å². The molecule has 0 unspecified atom stereocenters. The van der Waals surface area contributed by atoms with Crippen LogP contribution < -0.4 is 28.4 Å². The molecule has 0 fully saturated rings. The predicted octanol–water partition coefficient (Wildman–Crippen LogP) is 16.8. The summed E-state index contributed by atoms with van der Waals surface area (Å²) in [5.41, 5.74) is 1.16. The van der Waals surface area contributed by atoms with Crippen molar-refractivity contribution in [2.45, 2.75) is 167 Å². The number of hydrogen-bond donors (Lipinski definition) is 0. The van der Waals surface area contributed by atoms with Gasteiger partial charge in [0.1, 0.15) is 46.7 Å². The Labute approximate surface area is 542 Å². The number of benzene rings is 5. The lowest BCUT2D eigenvalue weighted by atomic mass is 10.1. The molecule has 0 aromatic heterocycles. The molecule has 0 saturated heterocycles. The summed E-state index contributed by atoms with van der Waals surface area (Å²) in [5.74, 6) is -2.04. The molecule has 0 atom stereocenters. The maximum atomic E-state index is 13.9. The molecule has 0 aliphatic carbocycles. The van der Waals surface area contributed by atoms with Gasteiger partial charge >= 0.3 is 41.8 Å². The van der Waals surface area contributed by atoms with Gasteiger partial charge in [0.25, 0.3) is 0 Å². The number of esters is 7. The zero-order valence-corrected chi connectivity index (χ0v) is 53.4. The Bertz CT molecular complexity index is 3020. The molecule has 0 saturated carbocycles. The second kappa shape index (κ2) is 45.3. The Morgan fingerprint density at radius 2 is 0.565 bits per heavy atom. The number of hydrogen-bond acceptors (Lipinski definition) is 17. The van der Waals surface area contributed by atoms with E-state index in [1.807, 2.05) is 0 Å². The van der Waals surface area contributed by atoms with E-state index in [2.05, 4.69) is 19.7 Å². The van der Waals surface area contributed by atoms with Gasteiger partial charge in [0, 0.05) is 18.2 Å². The van der Waals surface area contributed by atoms with Gasteiger partial charge in [0.15, 0.2) is 0 Å². The summed E-state index contributed by atoms with van der Waals surface area (Å²) in [7, 11) is 0. The van der Waals surface area contributed by atoms with Crippen LogP contribution in [0.15, 0.2) is 153 Å². The first-order chi connectivity index (χ1) is 44.9. The van der Waals surface area contributed by atoms with Gasteiger partial charge in [-0.2, -0.15) is 0 Å². The fourth-order valence-electron chi connectivity index (χ4n) is 9.49. The van der Waals surface area contributed by atoms with E-state index in [1.165, 1.54) is 36.4 Å². The minimum Gasteiger partial charge on any atom is -0.494 e. The third kappa shape index (κ3) is 31.2. The molecule has 5 aromatic carbocycles. The zero-order valence-electron chi connectivity index (χ0n) is 53.4. The van der Waals surface area contributed by atoms with E-state index in [1.54, 1.807) is 97.1 Å². The Morgan fingerprint density at radius 3 is 0.902 bits per heavy atom. The van der Waals surface area contributed by atoms with Gasteiger partial charge in [-0.3, -0.25) is 0 Å². The lowest BCUT2D eigenvalue weighted by molar-refractivity contribution is -0.138. The van der Waals surface area contributed by atoms with E-state index in [9.17, 15) is 33.6 Å². The van der Waals surface area contributed by atoms with Crippen molar-refractivity contribution in [1.82, 2.24) is 0 Å². The topological polar surface area (TPSA) is 212 Å². The Kier molecular flexibility index (Phi) is 36.3. The summed E-state index contributed by atoms with van der Waals surface area (Å²) in [6, 6.07) is 30.3. The summed E-state index contributed by atoms with van der Waals surface area (Å²) in [5, 5.41) is 0. The Hall–Kier alpha value is -8.99. The number of rotatable bonds is 49. The first-order valence-corrected chi connectivity index (χ1v) is 32.6. The summed E-state index contributed by atoms with van der Waals surface area (Å²) >= 11 is 0. The summed E-state index contributed by atoms with van der Waals surface area (Å²) < 4.78 is 55.7. The minimum atomic E-state index is -0.869. The number of carbonyl (C=O) groups excluding carboxylic acids is 7. The quantitative estimate of drug-likeness (QED) is 0.0116. The van der Waals surface area contributed by atoms with E-state index in [0.717, 1.165) is 161 Å². The van der Waals surface area contributed by atoms with Gasteiger partial charge in [0.05, 0.1) is 56.3 Å². The van der Waals surface area contributed by atoms with Gasteiger partial charge in [-0.25, -0.2) is 33.6 Å². The van der Waals surface area contributed by atoms with Crippen molar-refractivity contribution in [2.75, 3.05) is 39.6 Å². The fraction of sp³-hybridized carbons (Fsp3) is 0.427. The highest BCUT2D eigenvalue weighted by Crippen LogP contribution is 2.29. The SMILES string of the molecule is C=CC(=O)OCCCCCCCCCCCOc1ccc(C(=O)Oc2ccc(OC(=O)c3ccc(OCCCCCCCCCCCOC(=O)C=C)cc3)c(C(=O)OCc3ccc(OC(=O)c4ccc(OCCCCCCCCCOC(=O)C=C)cc4)cc3)c2)cc1. The van der Waals surface area contributed by atoms with Crippen molar-refractivity contribution in [3.05, 3.63) is 181 Å². The van der Waals surface area contributed by atoms with Crippen LogP contribution in [0.4, 0.5) is 0 Å². The smallest absolute Gasteiger partial charge is 0.343 e. The minimum absolute atomic E-state index is 0.00131. The van der Waals surface area contributed by atoms with Crippen molar-refractivity contribution in [1.29, 1.82) is 0 Å². The van der Waals surface area contributed by atoms with E-state index in [0.29, 0.717) is 68.0 Å². The zero-order chi connectivity index (χ0) is 65.6. The summed E-state index contributed by atoms with van der Waals surface area (Å²) in [6.07, 6.45) is 29.5. The molecule has 0 radical (unpaired) electrons. The molecule has 17 nitrogen and oxygen atoms in total. The highest BCUT2D eigenvalue weighted by molar-refractivity contribution is 5.97. The maximum Gasteiger partial charge on any atom is 0.343 e. The molecule has 0 bridgehead atoms. The monoisotopic (exact) mass is 1260 g/mol. The number of carbonyl (C=O) groups is 7. The molecule has 0 amide bonds. The number of unbranched alkanes of at least 4 members (excludes halogenated alkanes) is 22. The average Bonchev–Trinajstić information content (AvgIpc) is 1.39. The van der Waals surface area contributed by atoms with Gasteiger partial charge in [-0.05, 0) is 147 Å². The highest BCUT2D eigenvalue weighted by atomic mass is 16.6. The lowest BCUT2D eigenvalue weighted by Crippen LogP contribution is -2.14. The van der Waals surface area contributed by atoms with Crippen molar-refractivity contribution < 1.29 is 80.9 Å². The average molecular weight is 1270 g/mol. The van der Waals surface area contributed by atoms with Crippen LogP contribution in [0.1, 0.15) is 208 Å². The first-order valence-electron chi connectivity index (χ1n) is 32.6. The van der Waals surface area contributed by atoms with Crippen molar-refractivity contribution >= 4 is 41.8 Å². The van der Waals surface area contributed by atoms with Crippen LogP contribution in [0.3, 0.4) is 0 Å². The predicted molar refractivity (Wildman–Crippen MR) is 352 cm³/mol. The van der Waals surface area contributed by atoms with E-state index >= 15 is 0 Å². The third-order valence-electron chi connectivity index (χ3n) is 14.8. The highest BCUT2D eigenvalue weighted by Gasteiger charge is 2.22. The Balaban J connectivity index is 1.09. The second-order valence-corrected chi connectivity index (χ2v) is 22.1. The molecular weight excluding hydrogens is 1170 g/mol. The second-order valence-electron chi connectivity index (χ2n) is 22.1. The molecule has 0 N–H and O–H groups in total. The molecule has 92 heavy (non-hydrogen) atoms.